The van der Waals surface area contributed by atoms with Gasteiger partial charge in [-0.05, 0) is 45.9 Å². The first-order chi connectivity index (χ1) is 10.8. The van der Waals surface area contributed by atoms with Crippen molar-refractivity contribution < 1.29 is 18.3 Å². The van der Waals surface area contributed by atoms with Crippen LogP contribution in [-0.4, -0.2) is 25.4 Å². The SMILES string of the molecule is CC(C)(N)Cn1nc(C(F)(F)F)cc1-c1ccc(C(C)(C)O)nc1.Cl.Cl. The summed E-state index contributed by atoms with van der Waals surface area (Å²) in [6.07, 6.45) is -3.12. The average Bonchev–Trinajstić information content (AvgIpc) is 2.79. The minimum absolute atomic E-state index is 0. The normalized spacial score (nSPS) is 12.3. The molecule has 0 unspecified atom stereocenters. The second kappa shape index (κ2) is 8.12. The molecule has 0 fully saturated rings. The fourth-order valence-electron chi connectivity index (χ4n) is 2.20. The van der Waals surface area contributed by atoms with Gasteiger partial charge in [0, 0.05) is 17.3 Å². The van der Waals surface area contributed by atoms with E-state index >= 15 is 0 Å². The summed E-state index contributed by atoms with van der Waals surface area (Å²) < 4.78 is 40.2. The number of pyridine rings is 1. The predicted octanol–water partition coefficient (Wildman–Crippen LogP) is 3.77. The summed E-state index contributed by atoms with van der Waals surface area (Å²) in [5.74, 6) is 0. The summed E-state index contributed by atoms with van der Waals surface area (Å²) in [5, 5.41) is 13.6. The molecule has 10 heteroatoms. The molecule has 2 aromatic heterocycles. The Hall–Kier alpha value is -1.35. The second-order valence-corrected chi connectivity index (χ2v) is 7.05. The summed E-state index contributed by atoms with van der Waals surface area (Å²) in [5.41, 5.74) is 4.25. The number of hydrogen-bond acceptors (Lipinski definition) is 4. The molecule has 0 atom stereocenters. The Labute approximate surface area is 162 Å². The minimum Gasteiger partial charge on any atom is -0.384 e. The summed E-state index contributed by atoms with van der Waals surface area (Å²) in [6, 6.07) is 4.16. The monoisotopic (exact) mass is 414 g/mol. The lowest BCUT2D eigenvalue weighted by Crippen LogP contribution is -2.37. The van der Waals surface area contributed by atoms with Gasteiger partial charge < -0.3 is 10.8 Å². The summed E-state index contributed by atoms with van der Waals surface area (Å²) >= 11 is 0. The zero-order valence-corrected chi connectivity index (χ0v) is 16.5. The molecule has 0 aromatic carbocycles. The van der Waals surface area contributed by atoms with Crippen molar-refractivity contribution in [2.75, 3.05) is 0 Å². The van der Waals surface area contributed by atoms with Crippen LogP contribution in [0, 0.1) is 0 Å². The highest BCUT2D eigenvalue weighted by atomic mass is 35.5. The highest BCUT2D eigenvalue weighted by Gasteiger charge is 2.35. The maximum Gasteiger partial charge on any atom is 0.435 e. The van der Waals surface area contributed by atoms with Gasteiger partial charge in [0.2, 0.25) is 0 Å². The van der Waals surface area contributed by atoms with E-state index in [4.69, 9.17) is 5.73 Å². The third-order valence-corrected chi connectivity index (χ3v) is 3.31. The zero-order chi connectivity index (χ0) is 18.3. The lowest BCUT2D eigenvalue weighted by molar-refractivity contribution is -0.141. The Morgan fingerprint density at radius 2 is 1.65 bits per heavy atom. The zero-order valence-electron chi connectivity index (χ0n) is 14.8. The van der Waals surface area contributed by atoms with E-state index in [0.29, 0.717) is 11.3 Å². The van der Waals surface area contributed by atoms with Crippen LogP contribution in [0.2, 0.25) is 0 Å². The van der Waals surface area contributed by atoms with Crippen LogP contribution in [0.3, 0.4) is 0 Å². The van der Waals surface area contributed by atoms with E-state index in [1.165, 1.54) is 10.9 Å². The van der Waals surface area contributed by atoms with Crippen LogP contribution in [0.15, 0.2) is 24.4 Å². The molecule has 0 aliphatic carbocycles. The lowest BCUT2D eigenvalue weighted by Gasteiger charge is -2.20. The van der Waals surface area contributed by atoms with Crippen molar-refractivity contribution in [3.05, 3.63) is 35.8 Å². The van der Waals surface area contributed by atoms with Crippen LogP contribution in [0.4, 0.5) is 13.2 Å². The van der Waals surface area contributed by atoms with Crippen LogP contribution in [0.25, 0.3) is 11.3 Å². The quantitative estimate of drug-likeness (QED) is 0.797. The number of halogens is 5. The Bertz CT molecular complexity index is 717. The van der Waals surface area contributed by atoms with Crippen LogP contribution >= 0.6 is 24.8 Å². The summed E-state index contributed by atoms with van der Waals surface area (Å²) in [6.45, 7) is 6.70. The molecule has 0 radical (unpaired) electrons. The third-order valence-electron chi connectivity index (χ3n) is 3.31. The molecular formula is C16H23Cl2F3N4O. The van der Waals surface area contributed by atoms with Gasteiger partial charge in [-0.15, -0.1) is 24.8 Å². The molecule has 0 aliphatic heterocycles. The number of aliphatic hydroxyl groups is 1. The van der Waals surface area contributed by atoms with Gasteiger partial charge in [-0.3, -0.25) is 9.67 Å². The van der Waals surface area contributed by atoms with Gasteiger partial charge in [-0.2, -0.15) is 18.3 Å². The lowest BCUT2D eigenvalue weighted by atomic mass is 10.0. The van der Waals surface area contributed by atoms with Crippen LogP contribution in [-0.2, 0) is 18.3 Å². The third kappa shape index (κ3) is 6.12. The number of nitrogens with two attached hydrogens (primary N) is 1. The van der Waals surface area contributed by atoms with Crippen molar-refractivity contribution in [3.8, 4) is 11.3 Å². The van der Waals surface area contributed by atoms with Crippen molar-refractivity contribution in [1.29, 1.82) is 0 Å². The molecule has 3 N–H and O–H groups in total. The standard InChI is InChI=1S/C16H21F3N4O.2ClH/c1-14(2,20)9-23-11(7-13(22-23)16(17,18)19)10-5-6-12(21-8-10)15(3,4)24;;/h5-8,24H,9,20H2,1-4H3;2*1H. The van der Waals surface area contributed by atoms with Crippen molar-refractivity contribution in [2.45, 2.75) is 51.6 Å². The smallest absolute Gasteiger partial charge is 0.384 e. The maximum atomic E-state index is 13.0. The molecule has 0 aliphatic rings. The van der Waals surface area contributed by atoms with Crippen molar-refractivity contribution in [2.24, 2.45) is 5.73 Å². The predicted molar refractivity (Wildman–Crippen MR) is 98.5 cm³/mol. The molecule has 0 spiro atoms. The van der Waals surface area contributed by atoms with Crippen molar-refractivity contribution in [3.63, 3.8) is 0 Å². The molecule has 0 saturated carbocycles. The van der Waals surface area contributed by atoms with Gasteiger partial charge in [-0.1, -0.05) is 0 Å². The first-order valence-electron chi connectivity index (χ1n) is 7.40. The van der Waals surface area contributed by atoms with Crippen molar-refractivity contribution >= 4 is 24.8 Å². The molecule has 26 heavy (non-hydrogen) atoms. The fourth-order valence-corrected chi connectivity index (χ4v) is 2.20. The minimum atomic E-state index is -4.54. The molecule has 0 saturated heterocycles. The number of nitrogens with zero attached hydrogens (tertiary/aromatic N) is 3. The van der Waals surface area contributed by atoms with Gasteiger partial charge in [0.15, 0.2) is 5.69 Å². The van der Waals surface area contributed by atoms with E-state index in [2.05, 4.69) is 10.1 Å². The fraction of sp³-hybridized carbons (Fsp3) is 0.500. The average molecular weight is 415 g/mol. The Balaban J connectivity index is 0.00000312. The number of alkyl halides is 3. The molecule has 2 aromatic rings. The van der Waals surface area contributed by atoms with Gasteiger partial charge in [0.25, 0.3) is 0 Å². The van der Waals surface area contributed by atoms with Crippen LogP contribution in [0.1, 0.15) is 39.1 Å². The van der Waals surface area contributed by atoms with E-state index in [0.717, 1.165) is 6.07 Å². The Kier molecular flexibility index (Phi) is 7.70. The van der Waals surface area contributed by atoms with Gasteiger partial charge in [0.05, 0.1) is 17.9 Å². The summed E-state index contributed by atoms with van der Waals surface area (Å²) in [4.78, 5) is 4.13. The highest BCUT2D eigenvalue weighted by Crippen LogP contribution is 2.32. The molecule has 5 nitrogen and oxygen atoms in total. The van der Waals surface area contributed by atoms with E-state index < -0.39 is 23.0 Å². The molecule has 0 amide bonds. The van der Waals surface area contributed by atoms with Gasteiger partial charge in [0.1, 0.15) is 5.60 Å². The molecule has 2 rings (SSSR count). The van der Waals surface area contributed by atoms with E-state index in [-0.39, 0.29) is 37.1 Å². The van der Waals surface area contributed by atoms with Crippen LogP contribution < -0.4 is 5.73 Å². The maximum absolute atomic E-state index is 13.0. The molecule has 148 valence electrons. The summed E-state index contributed by atoms with van der Waals surface area (Å²) in [7, 11) is 0. The first-order valence-corrected chi connectivity index (χ1v) is 7.40. The van der Waals surface area contributed by atoms with Gasteiger partial charge in [-0.25, -0.2) is 0 Å². The molecule has 0 bridgehead atoms. The molecule has 2 heterocycles. The first kappa shape index (κ1) is 24.7. The van der Waals surface area contributed by atoms with Gasteiger partial charge >= 0.3 is 6.18 Å². The van der Waals surface area contributed by atoms with E-state index in [9.17, 15) is 18.3 Å². The topological polar surface area (TPSA) is 77.0 Å². The Morgan fingerprint density at radius 3 is 2.04 bits per heavy atom. The molecular weight excluding hydrogens is 392 g/mol. The van der Waals surface area contributed by atoms with Crippen LogP contribution in [0.5, 0.6) is 0 Å². The Morgan fingerprint density at radius 1 is 1.08 bits per heavy atom. The number of hydrogen-bond donors (Lipinski definition) is 2. The number of aromatic nitrogens is 3. The highest BCUT2D eigenvalue weighted by molar-refractivity contribution is 5.85. The van der Waals surface area contributed by atoms with Crippen molar-refractivity contribution in [1.82, 2.24) is 14.8 Å². The number of rotatable bonds is 4. The second-order valence-electron chi connectivity index (χ2n) is 7.05. The van der Waals surface area contributed by atoms with E-state index in [1.807, 2.05) is 0 Å². The largest absolute Gasteiger partial charge is 0.435 e. The van der Waals surface area contributed by atoms with E-state index in [1.54, 1.807) is 39.8 Å².